The van der Waals surface area contributed by atoms with Crippen molar-refractivity contribution >= 4 is 28.3 Å². The SMILES string of the molecule is CC.COCC(NC(=O)c1ccn(C)c1)C(=O)Nc1nc(-c2cccc(C3CC3(F)F)c2)cs1. The summed E-state index contributed by atoms with van der Waals surface area (Å²) in [6.07, 6.45) is 3.25. The average Bonchev–Trinajstić information content (AvgIpc) is 3.16. The van der Waals surface area contributed by atoms with Gasteiger partial charge in [0.15, 0.2) is 5.13 Å². The molecule has 182 valence electrons. The molecule has 2 unspecified atom stereocenters. The van der Waals surface area contributed by atoms with Crippen LogP contribution in [0.2, 0.25) is 0 Å². The van der Waals surface area contributed by atoms with Crippen LogP contribution in [0.1, 0.15) is 42.1 Å². The van der Waals surface area contributed by atoms with Gasteiger partial charge in [-0.2, -0.15) is 0 Å². The molecule has 0 bridgehead atoms. The molecule has 1 aliphatic carbocycles. The Morgan fingerprint density at radius 1 is 1.32 bits per heavy atom. The zero-order valence-corrected chi connectivity index (χ0v) is 20.3. The Balaban J connectivity index is 0.00000158. The number of ether oxygens (including phenoxy) is 1. The monoisotopic (exact) mass is 490 g/mol. The fraction of sp³-hybridized carbons (Fsp3) is 0.375. The van der Waals surface area contributed by atoms with E-state index in [0.29, 0.717) is 27.5 Å². The molecular weight excluding hydrogens is 462 g/mol. The number of aromatic nitrogens is 2. The van der Waals surface area contributed by atoms with E-state index in [2.05, 4.69) is 15.6 Å². The van der Waals surface area contributed by atoms with Crippen LogP contribution in [-0.4, -0.2) is 47.0 Å². The van der Waals surface area contributed by atoms with Gasteiger partial charge in [0.1, 0.15) is 6.04 Å². The molecule has 1 saturated carbocycles. The molecule has 3 aromatic rings. The number of amides is 2. The van der Waals surface area contributed by atoms with Crippen LogP contribution in [0, 0.1) is 0 Å². The Morgan fingerprint density at radius 2 is 2.06 bits per heavy atom. The number of benzene rings is 1. The number of alkyl halides is 2. The van der Waals surface area contributed by atoms with E-state index in [0.717, 1.165) is 0 Å². The lowest BCUT2D eigenvalue weighted by atomic mass is 10.1. The standard InChI is InChI=1S/C22H22F2N4O3S.C2H6/c1-28-7-6-15(10-28)19(29)25-17(11-31-2)20(30)27-21-26-18(12-32-21)14-5-3-4-13(8-14)16-9-22(16,23)24;1-2/h3-8,10,12,16-17H,9,11H2,1-2H3,(H,25,29)(H,26,27,30);1-2H3. The van der Waals surface area contributed by atoms with Gasteiger partial charge in [-0.15, -0.1) is 11.3 Å². The number of nitrogens with zero attached hydrogens (tertiary/aromatic N) is 2. The number of hydrogen-bond donors (Lipinski definition) is 2. The lowest BCUT2D eigenvalue weighted by molar-refractivity contribution is -0.119. The van der Waals surface area contributed by atoms with Crippen LogP contribution in [0.15, 0.2) is 48.1 Å². The molecule has 2 heterocycles. The van der Waals surface area contributed by atoms with Crippen LogP contribution >= 0.6 is 11.3 Å². The number of hydrogen-bond acceptors (Lipinski definition) is 5. The molecule has 2 amide bonds. The number of rotatable bonds is 8. The zero-order chi connectivity index (χ0) is 24.9. The van der Waals surface area contributed by atoms with E-state index in [1.165, 1.54) is 18.4 Å². The van der Waals surface area contributed by atoms with Crippen molar-refractivity contribution in [3.63, 3.8) is 0 Å². The largest absolute Gasteiger partial charge is 0.382 e. The van der Waals surface area contributed by atoms with E-state index in [9.17, 15) is 18.4 Å². The highest BCUT2D eigenvalue weighted by Crippen LogP contribution is 2.55. The fourth-order valence-electron chi connectivity index (χ4n) is 3.37. The molecule has 0 aliphatic heterocycles. The quantitative estimate of drug-likeness (QED) is 0.480. The zero-order valence-electron chi connectivity index (χ0n) is 19.5. The predicted octanol–water partition coefficient (Wildman–Crippen LogP) is 4.68. The molecule has 10 heteroatoms. The molecule has 0 saturated heterocycles. The van der Waals surface area contributed by atoms with Crippen molar-refractivity contribution in [2.75, 3.05) is 19.0 Å². The minimum atomic E-state index is -2.64. The van der Waals surface area contributed by atoms with Crippen molar-refractivity contribution in [2.24, 2.45) is 7.05 Å². The molecule has 34 heavy (non-hydrogen) atoms. The highest BCUT2D eigenvalue weighted by atomic mass is 32.1. The van der Waals surface area contributed by atoms with E-state index in [1.807, 2.05) is 13.8 Å². The second-order valence-electron chi connectivity index (χ2n) is 7.72. The summed E-state index contributed by atoms with van der Waals surface area (Å²) in [7, 11) is 3.23. The third-order valence-corrected chi connectivity index (χ3v) is 5.95. The lowest BCUT2D eigenvalue weighted by Crippen LogP contribution is -2.46. The average molecular weight is 491 g/mol. The smallest absolute Gasteiger partial charge is 0.255 e. The first kappa shape index (κ1) is 25.5. The van der Waals surface area contributed by atoms with Gasteiger partial charge in [0, 0.05) is 43.9 Å². The van der Waals surface area contributed by atoms with Gasteiger partial charge in [-0.3, -0.25) is 9.59 Å². The lowest BCUT2D eigenvalue weighted by Gasteiger charge is -2.16. The molecule has 0 spiro atoms. The summed E-state index contributed by atoms with van der Waals surface area (Å²) >= 11 is 1.21. The van der Waals surface area contributed by atoms with E-state index in [-0.39, 0.29) is 13.0 Å². The normalized spacial score (nSPS) is 16.7. The first-order valence-electron chi connectivity index (χ1n) is 10.9. The molecule has 1 fully saturated rings. The van der Waals surface area contributed by atoms with Crippen molar-refractivity contribution in [1.29, 1.82) is 0 Å². The van der Waals surface area contributed by atoms with E-state index in [1.54, 1.807) is 59.7 Å². The minimum Gasteiger partial charge on any atom is -0.382 e. The van der Waals surface area contributed by atoms with Gasteiger partial charge in [0.05, 0.1) is 23.8 Å². The van der Waals surface area contributed by atoms with Crippen molar-refractivity contribution in [3.8, 4) is 11.3 Å². The molecule has 0 radical (unpaired) electrons. The number of carbonyl (C=O) groups is 2. The second-order valence-corrected chi connectivity index (χ2v) is 8.58. The maximum absolute atomic E-state index is 13.4. The summed E-state index contributed by atoms with van der Waals surface area (Å²) in [6.45, 7) is 3.99. The Morgan fingerprint density at radius 3 is 2.68 bits per heavy atom. The van der Waals surface area contributed by atoms with Gasteiger partial charge >= 0.3 is 0 Å². The van der Waals surface area contributed by atoms with E-state index in [4.69, 9.17) is 4.74 Å². The van der Waals surface area contributed by atoms with Gasteiger partial charge < -0.3 is 19.9 Å². The molecule has 2 N–H and O–H groups in total. The topological polar surface area (TPSA) is 85.2 Å². The Bertz CT molecular complexity index is 1140. The number of thiazole rings is 1. The van der Waals surface area contributed by atoms with E-state index >= 15 is 0 Å². The molecule has 7 nitrogen and oxygen atoms in total. The summed E-state index contributed by atoms with van der Waals surface area (Å²) in [4.78, 5) is 29.5. The first-order chi connectivity index (χ1) is 16.3. The van der Waals surface area contributed by atoms with Crippen molar-refractivity contribution < 1.29 is 23.1 Å². The van der Waals surface area contributed by atoms with Crippen molar-refractivity contribution in [3.05, 3.63) is 59.2 Å². The fourth-order valence-corrected chi connectivity index (χ4v) is 4.10. The molecule has 2 aromatic heterocycles. The summed E-state index contributed by atoms with van der Waals surface area (Å²) < 4.78 is 33.6. The number of nitrogens with one attached hydrogen (secondary N) is 2. The highest BCUT2D eigenvalue weighted by molar-refractivity contribution is 7.14. The van der Waals surface area contributed by atoms with Crippen LogP contribution in [0.5, 0.6) is 0 Å². The van der Waals surface area contributed by atoms with Gasteiger partial charge in [-0.05, 0) is 17.7 Å². The van der Waals surface area contributed by atoms with Gasteiger partial charge in [-0.1, -0.05) is 32.0 Å². The van der Waals surface area contributed by atoms with Crippen molar-refractivity contribution in [1.82, 2.24) is 14.9 Å². The molecular formula is C24H28F2N4O3S. The highest BCUT2D eigenvalue weighted by Gasteiger charge is 2.57. The summed E-state index contributed by atoms with van der Waals surface area (Å²) in [6, 6.07) is 7.65. The van der Waals surface area contributed by atoms with Crippen LogP contribution < -0.4 is 10.6 Å². The number of aryl methyl sites for hydroxylation is 1. The Labute approximate surface area is 201 Å². The summed E-state index contributed by atoms with van der Waals surface area (Å²) in [5.74, 6) is -4.25. The van der Waals surface area contributed by atoms with Gasteiger partial charge in [0.2, 0.25) is 0 Å². The first-order valence-corrected chi connectivity index (χ1v) is 11.8. The van der Waals surface area contributed by atoms with Crippen LogP contribution in [0.25, 0.3) is 11.3 Å². The van der Waals surface area contributed by atoms with Crippen LogP contribution in [-0.2, 0) is 16.6 Å². The molecule has 4 rings (SSSR count). The van der Waals surface area contributed by atoms with Gasteiger partial charge in [0.25, 0.3) is 17.7 Å². The van der Waals surface area contributed by atoms with Gasteiger partial charge in [-0.25, -0.2) is 13.8 Å². The minimum absolute atomic E-state index is 0.0136. The summed E-state index contributed by atoms with van der Waals surface area (Å²) in [5.41, 5.74) is 2.29. The maximum Gasteiger partial charge on any atom is 0.255 e. The van der Waals surface area contributed by atoms with Crippen LogP contribution in [0.4, 0.5) is 13.9 Å². The molecule has 1 aliphatic rings. The second kappa shape index (κ2) is 10.9. The summed E-state index contributed by atoms with van der Waals surface area (Å²) in [5, 5.41) is 7.43. The molecule has 2 atom stereocenters. The van der Waals surface area contributed by atoms with E-state index < -0.39 is 29.7 Å². The third kappa shape index (κ3) is 6.06. The third-order valence-electron chi connectivity index (χ3n) is 5.19. The number of methoxy groups -OCH3 is 1. The van der Waals surface area contributed by atoms with Crippen LogP contribution in [0.3, 0.4) is 0 Å². The number of halogens is 2. The maximum atomic E-state index is 13.4. The number of carbonyl (C=O) groups excluding carboxylic acids is 2. The molecule has 1 aromatic carbocycles. The Kier molecular flexibility index (Phi) is 8.16. The Hall–Kier alpha value is -3.11. The number of anilines is 1. The van der Waals surface area contributed by atoms with Crippen molar-refractivity contribution in [2.45, 2.75) is 38.2 Å². The predicted molar refractivity (Wildman–Crippen MR) is 128 cm³/mol.